The van der Waals surface area contributed by atoms with E-state index in [-0.39, 0.29) is 18.0 Å². The van der Waals surface area contributed by atoms with E-state index in [1.165, 1.54) is 0 Å². The van der Waals surface area contributed by atoms with Gasteiger partial charge in [0, 0.05) is 41.9 Å². The van der Waals surface area contributed by atoms with Crippen molar-refractivity contribution in [2.24, 2.45) is 0 Å². The Kier molecular flexibility index (Phi) is 6.82. The molecule has 0 aliphatic carbocycles. The first-order chi connectivity index (χ1) is 17.5. The summed E-state index contributed by atoms with van der Waals surface area (Å²) in [6.07, 6.45) is 2.11. The third-order valence-electron chi connectivity index (χ3n) is 6.62. The molecule has 1 fully saturated rings. The first-order valence-electron chi connectivity index (χ1n) is 12.1. The van der Waals surface area contributed by atoms with Crippen molar-refractivity contribution in [1.82, 2.24) is 19.8 Å². The van der Waals surface area contributed by atoms with E-state index in [1.807, 2.05) is 67.6 Å². The number of hydrogen-bond acceptors (Lipinski definition) is 3. The smallest absolute Gasteiger partial charge is 0.226 e. The van der Waals surface area contributed by atoms with Crippen molar-refractivity contribution >= 4 is 28.9 Å². The van der Waals surface area contributed by atoms with Crippen molar-refractivity contribution in [3.63, 3.8) is 0 Å². The molecular formula is C29H29N5OS. The number of benzene rings is 2. The normalized spacial score (nSPS) is 17.2. The molecule has 36 heavy (non-hydrogen) atoms. The number of aryl methyl sites for hydroxylation is 2. The van der Waals surface area contributed by atoms with Crippen LogP contribution in [0.25, 0.3) is 5.69 Å². The minimum Gasteiger partial charge on any atom is -0.352 e. The second-order valence-corrected chi connectivity index (χ2v) is 9.39. The number of nitrogens with one attached hydrogen (secondary N) is 2. The number of nitrogens with zero attached hydrogens (tertiary/aromatic N) is 3. The highest BCUT2D eigenvalue weighted by atomic mass is 32.1. The summed E-state index contributed by atoms with van der Waals surface area (Å²) < 4.78 is 2.26. The van der Waals surface area contributed by atoms with Gasteiger partial charge in [-0.05, 0) is 74.1 Å². The number of carbonyl (C=O) groups is 1. The zero-order valence-electron chi connectivity index (χ0n) is 20.4. The molecule has 0 spiro atoms. The Bertz CT molecular complexity index is 1370. The highest BCUT2D eigenvalue weighted by molar-refractivity contribution is 7.80. The number of thiocarbonyl (C=S) groups is 1. The maximum absolute atomic E-state index is 12.9. The van der Waals surface area contributed by atoms with Crippen LogP contribution in [0.15, 0.2) is 91.1 Å². The SMILES string of the molecule is Cc1ccccc1NC(=O)CCN1C(=S)N[C@@H](c2ccccn2)[C@H]1c1ccc(C)n1-c1ccccc1. The third kappa shape index (κ3) is 4.75. The molecule has 2 aromatic carbocycles. The van der Waals surface area contributed by atoms with Gasteiger partial charge in [0.25, 0.3) is 0 Å². The number of amides is 1. The van der Waals surface area contributed by atoms with E-state index >= 15 is 0 Å². The highest BCUT2D eigenvalue weighted by Crippen LogP contribution is 2.40. The van der Waals surface area contributed by atoms with E-state index in [1.54, 1.807) is 6.20 Å². The molecule has 4 aromatic rings. The first kappa shape index (κ1) is 23.8. The number of aromatic nitrogens is 2. The monoisotopic (exact) mass is 495 g/mol. The second kappa shape index (κ2) is 10.3. The summed E-state index contributed by atoms with van der Waals surface area (Å²) in [7, 11) is 0. The van der Waals surface area contributed by atoms with Crippen LogP contribution in [0.2, 0.25) is 0 Å². The van der Waals surface area contributed by atoms with Crippen molar-refractivity contribution in [2.75, 3.05) is 11.9 Å². The molecule has 5 rings (SSSR count). The lowest BCUT2D eigenvalue weighted by Gasteiger charge is -2.29. The number of carbonyl (C=O) groups excluding carboxylic acids is 1. The van der Waals surface area contributed by atoms with Gasteiger partial charge in [-0.15, -0.1) is 0 Å². The van der Waals surface area contributed by atoms with Gasteiger partial charge in [-0.3, -0.25) is 9.78 Å². The van der Waals surface area contributed by atoms with Crippen molar-refractivity contribution in [1.29, 1.82) is 0 Å². The summed E-state index contributed by atoms with van der Waals surface area (Å²) in [5, 5.41) is 7.15. The Labute approximate surface area is 217 Å². The van der Waals surface area contributed by atoms with Gasteiger partial charge in [-0.2, -0.15) is 0 Å². The summed E-state index contributed by atoms with van der Waals surface area (Å²) in [6.45, 7) is 4.58. The van der Waals surface area contributed by atoms with Gasteiger partial charge in [0.2, 0.25) is 5.91 Å². The van der Waals surface area contributed by atoms with Gasteiger partial charge < -0.3 is 20.1 Å². The molecule has 1 aliphatic heterocycles. The van der Waals surface area contributed by atoms with E-state index in [4.69, 9.17) is 12.2 Å². The molecule has 2 aromatic heterocycles. The predicted molar refractivity (Wildman–Crippen MR) is 147 cm³/mol. The molecule has 1 saturated heterocycles. The van der Waals surface area contributed by atoms with Crippen LogP contribution in [0.3, 0.4) is 0 Å². The third-order valence-corrected chi connectivity index (χ3v) is 6.97. The molecule has 0 radical (unpaired) electrons. The molecule has 0 unspecified atom stereocenters. The minimum atomic E-state index is -0.144. The standard InChI is InChI=1S/C29H29N5OS/c1-20-10-6-7-13-23(20)31-26(35)17-19-33-28(27(32-29(33)36)24-14-8-9-18-30-24)25-16-15-21(2)34(25)22-11-4-3-5-12-22/h3-16,18,27-28H,17,19H2,1-2H3,(H,31,35)(H,32,36)/t27-,28+/m0/s1. The molecule has 182 valence electrons. The van der Waals surface area contributed by atoms with Gasteiger partial charge in [0.1, 0.15) is 0 Å². The first-order valence-corrected chi connectivity index (χ1v) is 12.5. The maximum atomic E-state index is 12.9. The quantitative estimate of drug-likeness (QED) is 0.332. The van der Waals surface area contributed by atoms with Crippen LogP contribution in [0.4, 0.5) is 5.69 Å². The van der Waals surface area contributed by atoms with E-state index in [0.717, 1.165) is 34.0 Å². The van der Waals surface area contributed by atoms with Crippen molar-refractivity contribution in [3.8, 4) is 5.69 Å². The topological polar surface area (TPSA) is 62.2 Å². The Morgan fingerprint density at radius 3 is 2.47 bits per heavy atom. The molecule has 3 heterocycles. The lowest BCUT2D eigenvalue weighted by molar-refractivity contribution is -0.116. The summed E-state index contributed by atoms with van der Waals surface area (Å²) in [5.74, 6) is -0.0400. The molecule has 6 nitrogen and oxygen atoms in total. The highest BCUT2D eigenvalue weighted by Gasteiger charge is 2.41. The van der Waals surface area contributed by atoms with Crippen molar-refractivity contribution in [3.05, 3.63) is 114 Å². The van der Waals surface area contributed by atoms with Crippen LogP contribution in [-0.4, -0.2) is 32.0 Å². The zero-order valence-corrected chi connectivity index (χ0v) is 21.2. The zero-order chi connectivity index (χ0) is 25.1. The molecule has 0 bridgehead atoms. The van der Waals surface area contributed by atoms with Crippen LogP contribution < -0.4 is 10.6 Å². The molecule has 2 atom stereocenters. The van der Waals surface area contributed by atoms with E-state index in [9.17, 15) is 4.79 Å². The lowest BCUT2D eigenvalue weighted by atomic mass is 10.0. The maximum Gasteiger partial charge on any atom is 0.226 e. The molecule has 1 aliphatic rings. The van der Waals surface area contributed by atoms with Crippen LogP contribution in [0.1, 0.15) is 41.1 Å². The number of rotatable bonds is 7. The van der Waals surface area contributed by atoms with E-state index < -0.39 is 0 Å². The fourth-order valence-corrected chi connectivity index (χ4v) is 5.17. The molecular weight excluding hydrogens is 466 g/mol. The van der Waals surface area contributed by atoms with Crippen molar-refractivity contribution in [2.45, 2.75) is 32.4 Å². The second-order valence-electron chi connectivity index (χ2n) is 9.00. The van der Waals surface area contributed by atoms with Gasteiger partial charge >= 0.3 is 0 Å². The fourth-order valence-electron chi connectivity index (χ4n) is 4.83. The van der Waals surface area contributed by atoms with Crippen LogP contribution >= 0.6 is 12.2 Å². The van der Waals surface area contributed by atoms with Crippen LogP contribution in [0, 0.1) is 13.8 Å². The average molecular weight is 496 g/mol. The molecule has 2 N–H and O–H groups in total. The molecule has 0 saturated carbocycles. The Hall–Kier alpha value is -3.97. The Morgan fingerprint density at radius 1 is 0.972 bits per heavy atom. The lowest BCUT2D eigenvalue weighted by Crippen LogP contribution is -2.33. The van der Waals surface area contributed by atoms with Crippen LogP contribution in [0.5, 0.6) is 0 Å². The van der Waals surface area contributed by atoms with Crippen molar-refractivity contribution < 1.29 is 4.79 Å². The number of hydrogen-bond donors (Lipinski definition) is 2. The van der Waals surface area contributed by atoms with Gasteiger partial charge in [-0.25, -0.2) is 0 Å². The summed E-state index contributed by atoms with van der Waals surface area (Å²) in [6, 6.07) is 28.0. The van der Waals surface area contributed by atoms with E-state index in [2.05, 4.69) is 56.3 Å². The Balaban J connectivity index is 1.47. The number of para-hydroxylation sites is 2. The molecule has 7 heteroatoms. The molecule has 1 amide bonds. The van der Waals surface area contributed by atoms with Gasteiger partial charge in [0.05, 0.1) is 17.8 Å². The van der Waals surface area contributed by atoms with Crippen LogP contribution in [-0.2, 0) is 4.79 Å². The van der Waals surface area contributed by atoms with Gasteiger partial charge in [-0.1, -0.05) is 42.5 Å². The number of pyridine rings is 1. The summed E-state index contributed by atoms with van der Waals surface area (Å²) in [5.41, 5.74) is 6.10. The minimum absolute atomic E-state index is 0.0400. The Morgan fingerprint density at radius 2 is 1.72 bits per heavy atom. The van der Waals surface area contributed by atoms with Gasteiger partial charge in [0.15, 0.2) is 5.11 Å². The number of anilines is 1. The predicted octanol–water partition coefficient (Wildman–Crippen LogP) is 5.49. The van der Waals surface area contributed by atoms with E-state index in [0.29, 0.717) is 18.1 Å². The summed E-state index contributed by atoms with van der Waals surface area (Å²) in [4.78, 5) is 19.7. The fraction of sp³-hybridized carbons (Fsp3) is 0.207. The average Bonchev–Trinajstić information content (AvgIpc) is 3.44. The summed E-state index contributed by atoms with van der Waals surface area (Å²) >= 11 is 5.81. The largest absolute Gasteiger partial charge is 0.352 e.